The summed E-state index contributed by atoms with van der Waals surface area (Å²) in [6, 6.07) is 1.63. The first-order valence-corrected chi connectivity index (χ1v) is 8.56. The fraction of sp³-hybridized carbons (Fsp3) is 0.588. The summed E-state index contributed by atoms with van der Waals surface area (Å²) in [6.45, 7) is 8.08. The average molecular weight is 344 g/mol. The van der Waals surface area contributed by atoms with Crippen LogP contribution in [0.25, 0.3) is 0 Å². The molecule has 3 rings (SSSR count). The molecule has 1 aliphatic heterocycles. The topological polar surface area (TPSA) is 96.8 Å². The van der Waals surface area contributed by atoms with Crippen molar-refractivity contribution in [3.8, 4) is 0 Å². The number of rotatable bonds is 3. The van der Waals surface area contributed by atoms with E-state index in [0.717, 1.165) is 18.5 Å². The molecule has 0 aromatic carbocycles. The van der Waals surface area contributed by atoms with E-state index in [9.17, 15) is 9.59 Å². The van der Waals surface area contributed by atoms with Crippen molar-refractivity contribution in [1.82, 2.24) is 29.6 Å². The maximum atomic E-state index is 12.3. The number of carbonyl (C=O) groups excluding carboxylic acids is 1. The number of hydrogen-bond acceptors (Lipinski definition) is 5. The first kappa shape index (κ1) is 17.3. The lowest BCUT2D eigenvalue weighted by molar-refractivity contribution is 0.0670. The molecule has 8 nitrogen and oxygen atoms in total. The Bertz CT molecular complexity index is 782. The van der Waals surface area contributed by atoms with E-state index in [4.69, 9.17) is 0 Å². The quantitative estimate of drug-likeness (QED) is 0.903. The van der Waals surface area contributed by atoms with Crippen LogP contribution in [0.5, 0.6) is 0 Å². The maximum absolute atomic E-state index is 12.3. The first-order valence-electron chi connectivity index (χ1n) is 8.56. The molecule has 25 heavy (non-hydrogen) atoms. The van der Waals surface area contributed by atoms with Crippen molar-refractivity contribution in [3.63, 3.8) is 0 Å². The number of carbonyl (C=O) groups is 1. The number of likely N-dealkylation sites (tertiary alicyclic amines) is 1. The number of piperidine rings is 1. The van der Waals surface area contributed by atoms with Gasteiger partial charge in [0.05, 0.1) is 12.0 Å². The van der Waals surface area contributed by atoms with E-state index in [2.05, 4.69) is 20.2 Å². The van der Waals surface area contributed by atoms with Crippen LogP contribution in [0.2, 0.25) is 0 Å². The Balaban J connectivity index is 1.59. The molecule has 0 atom stereocenters. The molecule has 1 aliphatic rings. The average Bonchev–Trinajstić information content (AvgIpc) is 3.10. The Labute approximate surface area is 146 Å². The van der Waals surface area contributed by atoms with Gasteiger partial charge >= 0.3 is 0 Å². The standard InChI is InChI=1S/C17H24N6O2/c1-17(2,3)13-8-14(24)23(11-19-13)9-12-4-6-22(7-5-12)16(25)15-18-10-20-21-15/h8,10-12H,4-7,9H2,1-3H3,(H,18,20,21). The minimum Gasteiger partial charge on any atom is -0.336 e. The van der Waals surface area contributed by atoms with E-state index >= 15 is 0 Å². The monoisotopic (exact) mass is 344 g/mol. The highest BCUT2D eigenvalue weighted by Gasteiger charge is 2.25. The predicted molar refractivity (Wildman–Crippen MR) is 92.2 cm³/mol. The van der Waals surface area contributed by atoms with E-state index in [1.165, 1.54) is 6.33 Å². The number of amides is 1. The Morgan fingerprint density at radius 1 is 1.28 bits per heavy atom. The van der Waals surface area contributed by atoms with Crippen molar-refractivity contribution in [2.45, 2.75) is 45.6 Å². The number of nitrogens with zero attached hydrogens (tertiary/aromatic N) is 5. The number of aromatic amines is 1. The van der Waals surface area contributed by atoms with Crippen molar-refractivity contribution >= 4 is 5.91 Å². The van der Waals surface area contributed by atoms with E-state index in [1.54, 1.807) is 21.9 Å². The summed E-state index contributed by atoms with van der Waals surface area (Å²) in [7, 11) is 0. The third-order valence-corrected chi connectivity index (χ3v) is 4.62. The highest BCUT2D eigenvalue weighted by molar-refractivity contribution is 5.90. The van der Waals surface area contributed by atoms with Crippen molar-refractivity contribution in [2.24, 2.45) is 5.92 Å². The second-order valence-electron chi connectivity index (χ2n) is 7.58. The molecule has 0 aliphatic carbocycles. The number of nitrogens with one attached hydrogen (secondary N) is 1. The number of aromatic nitrogens is 5. The smallest absolute Gasteiger partial charge is 0.291 e. The van der Waals surface area contributed by atoms with Gasteiger partial charge in [-0.1, -0.05) is 20.8 Å². The molecule has 0 radical (unpaired) electrons. The van der Waals surface area contributed by atoms with E-state index in [1.807, 2.05) is 20.8 Å². The second kappa shape index (κ2) is 6.78. The van der Waals surface area contributed by atoms with Crippen LogP contribution in [0.3, 0.4) is 0 Å². The van der Waals surface area contributed by atoms with Crippen molar-refractivity contribution in [2.75, 3.05) is 13.1 Å². The van der Waals surface area contributed by atoms with E-state index in [0.29, 0.717) is 25.6 Å². The normalized spacial score (nSPS) is 16.2. The maximum Gasteiger partial charge on any atom is 0.291 e. The first-order chi connectivity index (χ1) is 11.8. The SMILES string of the molecule is CC(C)(C)c1cc(=O)n(CC2CCN(C(=O)c3ncn[nH]3)CC2)cn1. The van der Waals surface area contributed by atoms with E-state index < -0.39 is 0 Å². The number of hydrogen-bond donors (Lipinski definition) is 1. The summed E-state index contributed by atoms with van der Waals surface area (Å²) in [6.07, 6.45) is 4.69. The summed E-state index contributed by atoms with van der Waals surface area (Å²) < 4.78 is 1.67. The molecule has 3 heterocycles. The summed E-state index contributed by atoms with van der Waals surface area (Å²) in [5, 5.41) is 6.32. The van der Waals surface area contributed by atoms with Gasteiger partial charge in [0.15, 0.2) is 0 Å². The van der Waals surface area contributed by atoms with Crippen molar-refractivity contribution in [3.05, 3.63) is 40.6 Å². The van der Waals surface area contributed by atoms with Gasteiger partial charge in [-0.3, -0.25) is 19.3 Å². The van der Waals surface area contributed by atoms with Gasteiger partial charge in [-0.05, 0) is 18.8 Å². The molecule has 0 saturated carbocycles. The van der Waals surface area contributed by atoms with Crippen molar-refractivity contribution < 1.29 is 4.79 Å². The van der Waals surface area contributed by atoms with Crippen LogP contribution >= 0.6 is 0 Å². The van der Waals surface area contributed by atoms with E-state index in [-0.39, 0.29) is 22.7 Å². The molecule has 2 aromatic rings. The van der Waals surface area contributed by atoms with Crippen LogP contribution in [-0.2, 0) is 12.0 Å². The van der Waals surface area contributed by atoms with Gasteiger partial charge in [0.2, 0.25) is 5.82 Å². The molecule has 0 unspecified atom stereocenters. The molecule has 8 heteroatoms. The summed E-state index contributed by atoms with van der Waals surface area (Å²) in [5.41, 5.74) is 0.659. The fourth-order valence-electron chi connectivity index (χ4n) is 3.03. The third-order valence-electron chi connectivity index (χ3n) is 4.62. The predicted octanol–water partition coefficient (Wildman–Crippen LogP) is 1.21. The third kappa shape index (κ3) is 3.94. The van der Waals surface area contributed by atoms with Crippen LogP contribution in [0.15, 0.2) is 23.5 Å². The molecule has 1 saturated heterocycles. The Morgan fingerprint density at radius 2 is 2.00 bits per heavy atom. The minimum absolute atomic E-state index is 0.0138. The summed E-state index contributed by atoms with van der Waals surface area (Å²) in [4.78, 5) is 34.7. The molecular weight excluding hydrogens is 320 g/mol. The lowest BCUT2D eigenvalue weighted by atomic mass is 9.92. The molecule has 1 fully saturated rings. The summed E-state index contributed by atoms with van der Waals surface area (Å²) >= 11 is 0. The van der Waals surface area contributed by atoms with Crippen LogP contribution in [0.4, 0.5) is 0 Å². The molecular formula is C17H24N6O2. The zero-order valence-electron chi connectivity index (χ0n) is 14.9. The van der Waals surface area contributed by atoms with Gasteiger partial charge in [-0.2, -0.15) is 5.10 Å². The molecule has 134 valence electrons. The van der Waals surface area contributed by atoms with Crippen LogP contribution < -0.4 is 5.56 Å². The van der Waals surface area contributed by atoms with Crippen LogP contribution in [-0.4, -0.2) is 48.6 Å². The molecule has 1 N–H and O–H groups in total. The molecule has 0 bridgehead atoms. The Kier molecular flexibility index (Phi) is 4.69. The largest absolute Gasteiger partial charge is 0.336 e. The van der Waals surface area contributed by atoms with Gasteiger partial charge in [0.25, 0.3) is 11.5 Å². The van der Waals surface area contributed by atoms with Crippen molar-refractivity contribution in [1.29, 1.82) is 0 Å². The zero-order valence-corrected chi connectivity index (χ0v) is 14.9. The zero-order chi connectivity index (χ0) is 18.0. The summed E-state index contributed by atoms with van der Waals surface area (Å²) in [5.74, 6) is 0.514. The van der Waals surface area contributed by atoms with Crippen LogP contribution in [0, 0.1) is 5.92 Å². The Morgan fingerprint density at radius 3 is 2.56 bits per heavy atom. The number of H-pyrrole nitrogens is 1. The van der Waals surface area contributed by atoms with Gasteiger partial charge in [-0.25, -0.2) is 9.97 Å². The fourth-order valence-corrected chi connectivity index (χ4v) is 3.03. The second-order valence-corrected chi connectivity index (χ2v) is 7.58. The van der Waals surface area contributed by atoms with Gasteiger partial charge in [-0.15, -0.1) is 0 Å². The van der Waals surface area contributed by atoms with Gasteiger partial charge < -0.3 is 4.90 Å². The Hall–Kier alpha value is -2.51. The minimum atomic E-state index is -0.134. The molecule has 0 spiro atoms. The highest BCUT2D eigenvalue weighted by Crippen LogP contribution is 2.21. The molecule has 2 aromatic heterocycles. The van der Waals surface area contributed by atoms with Gasteiger partial charge in [0, 0.05) is 31.1 Å². The van der Waals surface area contributed by atoms with Gasteiger partial charge in [0.1, 0.15) is 6.33 Å². The lowest BCUT2D eigenvalue weighted by Gasteiger charge is -2.31. The molecule has 1 amide bonds. The highest BCUT2D eigenvalue weighted by atomic mass is 16.2. The van der Waals surface area contributed by atoms with Crippen LogP contribution in [0.1, 0.15) is 49.9 Å². The lowest BCUT2D eigenvalue weighted by Crippen LogP contribution is -2.40.